The second-order valence-electron chi connectivity index (χ2n) is 6.04. The molecule has 1 saturated heterocycles. The lowest BCUT2D eigenvalue weighted by atomic mass is 10.1. The first-order valence-electron chi connectivity index (χ1n) is 8.27. The molecule has 2 amide bonds. The van der Waals surface area contributed by atoms with Gasteiger partial charge in [-0.15, -0.1) is 0 Å². The number of nitrogens with one attached hydrogen (secondary N) is 1. The van der Waals surface area contributed by atoms with E-state index in [1.54, 1.807) is 11.0 Å². The maximum atomic E-state index is 12.5. The zero-order chi connectivity index (χ0) is 17.8. The molecule has 25 heavy (non-hydrogen) atoms. The number of carbonyl (C=O) groups is 2. The van der Waals surface area contributed by atoms with Crippen LogP contribution in [0.2, 0.25) is 0 Å². The highest BCUT2D eigenvalue weighted by Gasteiger charge is 2.20. The molecule has 0 spiro atoms. The number of nitrogens with zero attached hydrogens (tertiary/aromatic N) is 2. The number of amides is 2. The number of benzene rings is 1. The molecule has 1 aliphatic heterocycles. The van der Waals surface area contributed by atoms with E-state index in [2.05, 4.69) is 10.3 Å². The zero-order valence-electron chi connectivity index (χ0n) is 14.4. The van der Waals surface area contributed by atoms with E-state index >= 15 is 0 Å². The van der Waals surface area contributed by atoms with Crippen molar-refractivity contribution in [2.75, 3.05) is 31.6 Å². The fraction of sp³-hybridized carbons (Fsp3) is 0.316. The molecule has 0 aliphatic carbocycles. The largest absolute Gasteiger partial charge is 0.378 e. The molecule has 0 unspecified atom stereocenters. The number of aryl methyl sites for hydroxylation is 1. The third-order valence-corrected chi connectivity index (χ3v) is 4.39. The maximum absolute atomic E-state index is 12.5. The third kappa shape index (κ3) is 3.85. The van der Waals surface area contributed by atoms with E-state index in [1.807, 2.05) is 32.0 Å². The van der Waals surface area contributed by atoms with Gasteiger partial charge >= 0.3 is 0 Å². The highest BCUT2D eigenvalue weighted by Crippen LogP contribution is 2.19. The van der Waals surface area contributed by atoms with Gasteiger partial charge in [-0.3, -0.25) is 14.6 Å². The van der Waals surface area contributed by atoms with Crippen molar-refractivity contribution in [3.8, 4) is 0 Å². The standard InChI is InChI=1S/C19H21N3O3/c1-13-4-3-5-16(14(13)2)21-18(23)17-12-15(6-7-20-17)19(24)22-8-10-25-11-9-22/h3-7,12H,8-11H2,1-2H3,(H,21,23). The van der Waals surface area contributed by atoms with Gasteiger partial charge in [-0.25, -0.2) is 0 Å². The number of ether oxygens (including phenoxy) is 1. The van der Waals surface area contributed by atoms with Crippen molar-refractivity contribution in [1.82, 2.24) is 9.88 Å². The molecule has 6 nitrogen and oxygen atoms in total. The summed E-state index contributed by atoms with van der Waals surface area (Å²) in [6.07, 6.45) is 1.49. The third-order valence-electron chi connectivity index (χ3n) is 4.39. The zero-order valence-corrected chi connectivity index (χ0v) is 14.4. The van der Waals surface area contributed by atoms with Crippen LogP contribution in [-0.2, 0) is 4.74 Å². The molecule has 1 aromatic heterocycles. The van der Waals surface area contributed by atoms with Gasteiger partial charge in [0, 0.05) is 30.5 Å². The number of morpholine rings is 1. The minimum absolute atomic E-state index is 0.105. The van der Waals surface area contributed by atoms with Crippen LogP contribution in [0.15, 0.2) is 36.5 Å². The number of pyridine rings is 1. The topological polar surface area (TPSA) is 71.5 Å². The summed E-state index contributed by atoms with van der Waals surface area (Å²) < 4.78 is 5.26. The van der Waals surface area contributed by atoms with Crippen molar-refractivity contribution in [2.45, 2.75) is 13.8 Å². The summed E-state index contributed by atoms with van der Waals surface area (Å²) in [7, 11) is 0. The molecule has 1 aliphatic rings. The average molecular weight is 339 g/mol. The van der Waals surface area contributed by atoms with Crippen molar-refractivity contribution in [2.24, 2.45) is 0 Å². The fourth-order valence-corrected chi connectivity index (χ4v) is 2.71. The summed E-state index contributed by atoms with van der Waals surface area (Å²) in [5, 5.41) is 2.87. The SMILES string of the molecule is Cc1cccc(NC(=O)c2cc(C(=O)N3CCOCC3)ccn2)c1C. The predicted octanol–water partition coefficient (Wildman–Crippen LogP) is 2.42. The second-order valence-corrected chi connectivity index (χ2v) is 6.04. The van der Waals surface area contributed by atoms with E-state index in [-0.39, 0.29) is 17.5 Å². The number of anilines is 1. The van der Waals surface area contributed by atoms with E-state index in [4.69, 9.17) is 4.74 Å². The lowest BCUT2D eigenvalue weighted by molar-refractivity contribution is 0.0303. The number of hydrogen-bond donors (Lipinski definition) is 1. The highest BCUT2D eigenvalue weighted by molar-refractivity contribution is 6.05. The molecule has 0 bridgehead atoms. The molecule has 6 heteroatoms. The minimum Gasteiger partial charge on any atom is -0.378 e. The van der Waals surface area contributed by atoms with Gasteiger partial charge < -0.3 is 15.0 Å². The summed E-state index contributed by atoms with van der Waals surface area (Å²) in [5.74, 6) is -0.434. The van der Waals surface area contributed by atoms with Crippen LogP contribution in [0.4, 0.5) is 5.69 Å². The number of hydrogen-bond acceptors (Lipinski definition) is 4. The minimum atomic E-state index is -0.328. The van der Waals surface area contributed by atoms with Crippen LogP contribution in [0, 0.1) is 13.8 Å². The van der Waals surface area contributed by atoms with Crippen molar-refractivity contribution in [1.29, 1.82) is 0 Å². The molecule has 0 saturated carbocycles. The van der Waals surface area contributed by atoms with Crippen molar-refractivity contribution in [3.05, 3.63) is 58.9 Å². The maximum Gasteiger partial charge on any atom is 0.274 e. The average Bonchev–Trinajstić information content (AvgIpc) is 2.65. The molecule has 130 valence electrons. The molecule has 1 fully saturated rings. The monoisotopic (exact) mass is 339 g/mol. The molecular formula is C19H21N3O3. The van der Waals surface area contributed by atoms with Gasteiger partial charge in [-0.1, -0.05) is 12.1 Å². The van der Waals surface area contributed by atoms with E-state index < -0.39 is 0 Å². The Kier molecular flexibility index (Phi) is 5.09. The van der Waals surface area contributed by atoms with E-state index in [0.717, 1.165) is 16.8 Å². The van der Waals surface area contributed by atoms with Gasteiger partial charge in [0.2, 0.25) is 0 Å². The van der Waals surface area contributed by atoms with Crippen LogP contribution < -0.4 is 5.32 Å². The van der Waals surface area contributed by atoms with Crippen LogP contribution >= 0.6 is 0 Å². The Morgan fingerprint density at radius 1 is 1.16 bits per heavy atom. The summed E-state index contributed by atoms with van der Waals surface area (Å²) in [6.45, 7) is 6.14. The molecule has 0 radical (unpaired) electrons. The molecule has 2 heterocycles. The van der Waals surface area contributed by atoms with Gasteiger partial charge in [0.05, 0.1) is 13.2 Å². The molecule has 0 atom stereocenters. The smallest absolute Gasteiger partial charge is 0.274 e. The fourth-order valence-electron chi connectivity index (χ4n) is 2.71. The van der Waals surface area contributed by atoms with Gasteiger partial charge in [-0.05, 0) is 43.2 Å². The van der Waals surface area contributed by atoms with Gasteiger partial charge in [0.15, 0.2) is 0 Å². The van der Waals surface area contributed by atoms with Gasteiger partial charge in [0.1, 0.15) is 5.69 Å². The Hall–Kier alpha value is -2.73. The predicted molar refractivity (Wildman–Crippen MR) is 94.8 cm³/mol. The first-order valence-corrected chi connectivity index (χ1v) is 8.27. The molecular weight excluding hydrogens is 318 g/mol. The van der Waals surface area contributed by atoms with E-state index in [9.17, 15) is 9.59 Å². The first-order chi connectivity index (χ1) is 12.1. The molecule has 1 aromatic carbocycles. The Balaban J connectivity index is 1.77. The Labute approximate surface area is 146 Å². The summed E-state index contributed by atoms with van der Waals surface area (Å²) in [4.78, 5) is 30.9. The van der Waals surface area contributed by atoms with Gasteiger partial charge in [0.25, 0.3) is 11.8 Å². The molecule has 2 aromatic rings. The van der Waals surface area contributed by atoms with Crippen molar-refractivity contribution >= 4 is 17.5 Å². The first kappa shape index (κ1) is 17.1. The van der Waals surface area contributed by atoms with Crippen LogP contribution in [0.1, 0.15) is 32.0 Å². The normalized spacial score (nSPS) is 14.2. The number of aromatic nitrogens is 1. The van der Waals surface area contributed by atoms with Crippen LogP contribution in [0.5, 0.6) is 0 Å². The van der Waals surface area contributed by atoms with Crippen molar-refractivity contribution in [3.63, 3.8) is 0 Å². The Bertz CT molecular complexity index is 798. The highest BCUT2D eigenvalue weighted by atomic mass is 16.5. The lowest BCUT2D eigenvalue weighted by Crippen LogP contribution is -2.40. The Morgan fingerprint density at radius 3 is 2.68 bits per heavy atom. The van der Waals surface area contributed by atoms with Crippen LogP contribution in [-0.4, -0.2) is 48.0 Å². The second kappa shape index (κ2) is 7.44. The summed E-state index contributed by atoms with van der Waals surface area (Å²) in [6, 6.07) is 8.91. The van der Waals surface area contributed by atoms with E-state index in [0.29, 0.717) is 31.9 Å². The van der Waals surface area contributed by atoms with E-state index in [1.165, 1.54) is 12.3 Å². The van der Waals surface area contributed by atoms with Gasteiger partial charge in [-0.2, -0.15) is 0 Å². The van der Waals surface area contributed by atoms with Crippen molar-refractivity contribution < 1.29 is 14.3 Å². The lowest BCUT2D eigenvalue weighted by Gasteiger charge is -2.26. The number of carbonyl (C=O) groups excluding carboxylic acids is 2. The number of rotatable bonds is 3. The quantitative estimate of drug-likeness (QED) is 0.932. The Morgan fingerprint density at radius 2 is 1.92 bits per heavy atom. The van der Waals surface area contributed by atoms with Crippen LogP contribution in [0.25, 0.3) is 0 Å². The van der Waals surface area contributed by atoms with Crippen LogP contribution in [0.3, 0.4) is 0 Å². The molecule has 3 rings (SSSR count). The summed E-state index contributed by atoms with van der Waals surface area (Å²) >= 11 is 0. The molecule has 1 N–H and O–H groups in total. The summed E-state index contributed by atoms with van der Waals surface area (Å²) in [5.41, 5.74) is 3.54.